The van der Waals surface area contributed by atoms with Crippen molar-refractivity contribution in [1.82, 2.24) is 24.8 Å². The summed E-state index contributed by atoms with van der Waals surface area (Å²) in [6, 6.07) is 1.56. The molecule has 5 heterocycles. The van der Waals surface area contributed by atoms with E-state index in [1.165, 1.54) is 16.0 Å². The molecule has 1 amide bonds. The van der Waals surface area contributed by atoms with Crippen molar-refractivity contribution in [1.29, 1.82) is 0 Å². The smallest absolute Gasteiger partial charge is 0.261 e. The van der Waals surface area contributed by atoms with Crippen molar-refractivity contribution in [2.45, 2.75) is 32.7 Å². The van der Waals surface area contributed by atoms with Crippen molar-refractivity contribution >= 4 is 46.7 Å². The number of aryl methyl sites for hydroxylation is 1. The number of nitrogens with one attached hydrogen (secondary N) is 1. The number of nitrogen functional groups attached to an aromatic ring is 1. The Morgan fingerprint density at radius 2 is 2.10 bits per heavy atom. The summed E-state index contributed by atoms with van der Waals surface area (Å²) in [6.45, 7) is 3.41. The zero-order valence-electron chi connectivity index (χ0n) is 21.5. The molecule has 1 fully saturated rings. The molecule has 3 aromatic heterocycles. The van der Waals surface area contributed by atoms with E-state index in [1.54, 1.807) is 25.4 Å². The molecule has 0 aromatic carbocycles. The summed E-state index contributed by atoms with van der Waals surface area (Å²) in [5, 5.41) is 0.00332. The number of nitrogens with zero attached hydrogens (tertiary/aromatic N) is 5. The van der Waals surface area contributed by atoms with Gasteiger partial charge < -0.3 is 15.5 Å². The lowest BCUT2D eigenvalue weighted by Gasteiger charge is -2.19. The van der Waals surface area contributed by atoms with Crippen LogP contribution in [0.25, 0.3) is 11.6 Å². The zero-order valence-corrected chi connectivity index (χ0v) is 22.3. The topological polar surface area (TPSA) is 130 Å². The number of ketones is 1. The number of ether oxygens (including phenoxy) is 1. The van der Waals surface area contributed by atoms with Crippen molar-refractivity contribution in [2.75, 3.05) is 37.4 Å². The molecule has 13 heteroatoms. The summed E-state index contributed by atoms with van der Waals surface area (Å²) < 4.78 is 32.5. The van der Waals surface area contributed by atoms with E-state index in [2.05, 4.69) is 19.9 Å². The maximum atomic E-state index is 13.7. The number of anilines is 2. The summed E-state index contributed by atoms with van der Waals surface area (Å²) in [4.78, 5) is 45.0. The molecule has 0 spiro atoms. The molecule has 2 aliphatic heterocycles. The van der Waals surface area contributed by atoms with Crippen LogP contribution in [0.4, 0.5) is 20.5 Å². The van der Waals surface area contributed by atoms with Gasteiger partial charge in [-0.3, -0.25) is 24.4 Å². The molecular weight excluding hydrogens is 532 g/mol. The average Bonchev–Trinajstić information content (AvgIpc) is 3.54. The second-order valence-electron chi connectivity index (χ2n) is 9.65. The number of alkyl halides is 2. The first-order chi connectivity index (χ1) is 18.5. The quantitative estimate of drug-likeness (QED) is 0.256. The second-order valence-corrected chi connectivity index (χ2v) is 10.0. The molecule has 3 aromatic rings. The fourth-order valence-electron chi connectivity index (χ4n) is 4.92. The highest BCUT2D eigenvalue weighted by molar-refractivity contribution is 6.41. The maximum Gasteiger partial charge on any atom is 0.261 e. The van der Waals surface area contributed by atoms with Gasteiger partial charge in [-0.05, 0) is 26.0 Å². The number of methoxy groups -OCH3 is 1. The molecule has 39 heavy (non-hydrogen) atoms. The number of carbonyl (C=O) groups is 2. The van der Waals surface area contributed by atoms with Crippen LogP contribution in [0.5, 0.6) is 5.75 Å². The fourth-order valence-corrected chi connectivity index (χ4v) is 5.20. The molecule has 0 saturated carbocycles. The number of Topliss-reactive ketones (excluding diaryl/α,β-unsaturated/α-hetero) is 1. The third-order valence-electron chi connectivity index (χ3n) is 6.86. The monoisotopic (exact) mass is 557 g/mol. The number of halogens is 3. The van der Waals surface area contributed by atoms with Gasteiger partial charge in [-0.25, -0.2) is 13.8 Å². The molecule has 1 saturated heterocycles. The lowest BCUT2D eigenvalue weighted by molar-refractivity contribution is -0.113. The van der Waals surface area contributed by atoms with Crippen LogP contribution in [-0.4, -0.2) is 69.2 Å². The van der Waals surface area contributed by atoms with Crippen molar-refractivity contribution < 1.29 is 23.1 Å². The van der Waals surface area contributed by atoms with Gasteiger partial charge in [0.05, 0.1) is 43.6 Å². The van der Waals surface area contributed by atoms with Crippen molar-refractivity contribution in [2.24, 2.45) is 0 Å². The number of likely N-dealkylation sites (tertiary alicyclic amines) is 1. The number of nitrogens with two attached hydrogens (primary N) is 1. The van der Waals surface area contributed by atoms with Crippen molar-refractivity contribution in [3.63, 3.8) is 0 Å². The Hall–Kier alpha value is -3.90. The van der Waals surface area contributed by atoms with Crippen molar-refractivity contribution in [3.05, 3.63) is 57.3 Å². The molecule has 2 aliphatic rings. The highest BCUT2D eigenvalue weighted by Gasteiger charge is 2.39. The number of amides is 1. The van der Waals surface area contributed by atoms with Crippen LogP contribution in [0, 0.1) is 13.8 Å². The Kier molecular flexibility index (Phi) is 6.85. The van der Waals surface area contributed by atoms with Gasteiger partial charge in [-0.1, -0.05) is 11.6 Å². The summed E-state index contributed by atoms with van der Waals surface area (Å²) in [6.07, 6.45) is 4.43. The van der Waals surface area contributed by atoms with Gasteiger partial charge in [-0.2, -0.15) is 4.98 Å². The maximum absolute atomic E-state index is 13.7. The lowest BCUT2D eigenvalue weighted by Crippen LogP contribution is -2.30. The molecule has 0 bridgehead atoms. The Bertz CT molecular complexity index is 1520. The number of hydrogen-bond acceptors (Lipinski definition) is 8. The number of hydrogen-bond donors (Lipinski definition) is 2. The number of carbonyl (C=O) groups excluding carboxylic acids is 2. The van der Waals surface area contributed by atoms with E-state index in [0.717, 1.165) is 11.1 Å². The van der Waals surface area contributed by atoms with E-state index in [0.29, 0.717) is 28.3 Å². The lowest BCUT2D eigenvalue weighted by atomic mass is 10.1. The Morgan fingerprint density at radius 3 is 2.79 bits per heavy atom. The number of fused-ring (bicyclic) bond motifs is 1. The third-order valence-corrected chi connectivity index (χ3v) is 7.14. The fraction of sp³-hybridized carbons (Fsp3) is 0.346. The number of rotatable bonds is 7. The second kappa shape index (κ2) is 10.0. The summed E-state index contributed by atoms with van der Waals surface area (Å²) in [7, 11) is 1.57. The van der Waals surface area contributed by atoms with Crippen LogP contribution < -0.4 is 15.4 Å². The zero-order chi connectivity index (χ0) is 28.1. The average molecular weight is 558 g/mol. The molecule has 0 atom stereocenters. The van der Waals surface area contributed by atoms with E-state index < -0.39 is 18.4 Å². The van der Waals surface area contributed by atoms with Gasteiger partial charge in [-0.15, -0.1) is 0 Å². The number of aromatic nitrogens is 4. The van der Waals surface area contributed by atoms with Crippen LogP contribution in [0.15, 0.2) is 18.5 Å². The molecule has 0 aliphatic carbocycles. The van der Waals surface area contributed by atoms with E-state index in [-0.39, 0.29) is 54.3 Å². The first kappa shape index (κ1) is 26.7. The number of pyridine rings is 1. The van der Waals surface area contributed by atoms with E-state index in [4.69, 9.17) is 22.1 Å². The minimum atomic E-state index is -2.78. The van der Waals surface area contributed by atoms with Gasteiger partial charge in [0.2, 0.25) is 5.95 Å². The van der Waals surface area contributed by atoms with E-state index in [1.807, 2.05) is 13.8 Å². The molecule has 204 valence electrons. The summed E-state index contributed by atoms with van der Waals surface area (Å²) in [5.74, 6) is -2.68. The third kappa shape index (κ3) is 5.09. The van der Waals surface area contributed by atoms with Gasteiger partial charge in [0.25, 0.3) is 11.8 Å². The molecule has 3 N–H and O–H groups in total. The van der Waals surface area contributed by atoms with Crippen LogP contribution >= 0.6 is 11.6 Å². The van der Waals surface area contributed by atoms with E-state index >= 15 is 0 Å². The molecule has 0 unspecified atom stereocenters. The minimum Gasteiger partial charge on any atom is -0.496 e. The molecular formula is C26H26ClF2N7O3. The van der Waals surface area contributed by atoms with Crippen LogP contribution in [0.2, 0.25) is 5.15 Å². The Balaban J connectivity index is 1.45. The van der Waals surface area contributed by atoms with Crippen molar-refractivity contribution in [3.8, 4) is 5.75 Å². The first-order valence-electron chi connectivity index (χ1n) is 12.1. The Labute approximate surface area is 227 Å². The predicted octanol–water partition coefficient (Wildman–Crippen LogP) is 3.67. The SMILES string of the molecule is COc1c(C)cnc(CN2C(=O)/C(=C\c3cc(C(=O)CN4CCC(F)(F)C4)c[nH]3)c3c(Cl)nc(N)nc32)c1C. The first-order valence-corrected chi connectivity index (χ1v) is 12.5. The largest absolute Gasteiger partial charge is 0.496 e. The molecule has 10 nitrogen and oxygen atoms in total. The van der Waals surface area contributed by atoms with Crippen LogP contribution in [0.3, 0.4) is 0 Å². The molecule has 5 rings (SSSR count). The van der Waals surface area contributed by atoms with Gasteiger partial charge in [0.1, 0.15) is 10.9 Å². The van der Waals surface area contributed by atoms with Gasteiger partial charge in [0.15, 0.2) is 11.6 Å². The number of aromatic amines is 1. The highest BCUT2D eigenvalue weighted by atomic mass is 35.5. The van der Waals surface area contributed by atoms with E-state index in [9.17, 15) is 18.4 Å². The normalized spacial score (nSPS) is 17.7. The van der Waals surface area contributed by atoms with Crippen LogP contribution in [0.1, 0.15) is 44.9 Å². The van der Waals surface area contributed by atoms with Gasteiger partial charge in [0, 0.05) is 47.7 Å². The predicted molar refractivity (Wildman–Crippen MR) is 142 cm³/mol. The minimum absolute atomic E-state index is 0.00332. The number of H-pyrrole nitrogens is 1. The Morgan fingerprint density at radius 1 is 1.33 bits per heavy atom. The highest BCUT2D eigenvalue weighted by Crippen LogP contribution is 2.41. The summed E-state index contributed by atoms with van der Waals surface area (Å²) in [5.41, 5.74) is 9.35. The van der Waals surface area contributed by atoms with Gasteiger partial charge >= 0.3 is 0 Å². The summed E-state index contributed by atoms with van der Waals surface area (Å²) >= 11 is 6.43. The molecule has 0 radical (unpaired) electrons. The standard InChI is InChI=1S/C26H26ClF2N7O3/c1-13-8-32-18(14(2)21(13)39-3)10-36-23-20(22(27)33-25(30)34-23)17(24(36)38)7-16-6-15(9-31-16)19(37)11-35-5-4-26(28,29)12-35/h6-9,31H,4-5,10-12H2,1-3H3,(H2,30,33,34)/b17-7-. The van der Waals surface area contributed by atoms with Crippen LogP contribution in [-0.2, 0) is 11.3 Å².